The third-order valence-electron chi connectivity index (χ3n) is 4.41. The van der Waals surface area contributed by atoms with E-state index in [-0.39, 0.29) is 24.9 Å². The van der Waals surface area contributed by atoms with Gasteiger partial charge in [-0.05, 0) is 18.1 Å². The number of carbonyl (C=O) groups excluding carboxylic acids is 2. The van der Waals surface area contributed by atoms with Gasteiger partial charge in [0.25, 0.3) is 0 Å². The van der Waals surface area contributed by atoms with E-state index in [1.54, 1.807) is 0 Å². The van der Waals surface area contributed by atoms with E-state index in [4.69, 9.17) is 0 Å². The molecule has 1 amide bonds. The van der Waals surface area contributed by atoms with Crippen molar-refractivity contribution >= 4 is 17.6 Å². The number of anilines is 1. The first-order chi connectivity index (χ1) is 10.8. The van der Waals surface area contributed by atoms with Crippen LogP contribution in [0.1, 0.15) is 17.9 Å². The van der Waals surface area contributed by atoms with E-state index in [1.807, 2.05) is 24.3 Å². The van der Waals surface area contributed by atoms with Gasteiger partial charge in [-0.15, -0.1) is 0 Å². The number of nitrogens with zero attached hydrogens (tertiary/aromatic N) is 1. The molecule has 1 fully saturated rings. The summed E-state index contributed by atoms with van der Waals surface area (Å²) in [6.45, 7) is -0.197. The molecule has 0 radical (unpaired) electrons. The molecule has 2 aliphatic rings. The molecule has 0 saturated carbocycles. The Hall–Kier alpha value is -2.25. The lowest BCUT2D eigenvalue weighted by molar-refractivity contribution is -0.192. The van der Waals surface area contributed by atoms with Gasteiger partial charge >= 0.3 is 18.1 Å². The maximum atomic E-state index is 12.8. The number of nitrogens with one attached hydrogen (secondary N) is 1. The third-order valence-corrected chi connectivity index (χ3v) is 4.41. The van der Waals surface area contributed by atoms with E-state index >= 15 is 0 Å². The number of hydrogen-bond acceptors (Lipinski definition) is 4. The Labute approximate surface area is 130 Å². The molecule has 23 heavy (non-hydrogen) atoms. The normalized spacial score (nSPS) is 26.1. The Balaban J connectivity index is 1.92. The standard InChI is InChI=1S/C15H15F3N2O3/c1-23-13(21)12-6-9-8-4-2-3-5-10(8)19-11(9)7-20(12)14(22)15(16,17)18/h2-5,9,11-12,19H,6-7H2,1H3/t9?,11?,12-/m1/s1. The van der Waals surface area contributed by atoms with Gasteiger partial charge in [0.15, 0.2) is 0 Å². The summed E-state index contributed by atoms with van der Waals surface area (Å²) >= 11 is 0. The highest BCUT2D eigenvalue weighted by Crippen LogP contribution is 2.43. The SMILES string of the molecule is COC(=O)[C@H]1CC2c3ccccc3NC2CN1C(=O)C(F)(F)F. The molecule has 0 bridgehead atoms. The molecule has 2 heterocycles. The number of piperidine rings is 1. The van der Waals surface area contributed by atoms with Crippen LogP contribution in [0.3, 0.4) is 0 Å². The minimum Gasteiger partial charge on any atom is -0.467 e. The summed E-state index contributed by atoms with van der Waals surface area (Å²) in [5.74, 6) is -2.97. The minimum atomic E-state index is -5.02. The van der Waals surface area contributed by atoms with Gasteiger partial charge in [0, 0.05) is 18.2 Å². The molecule has 1 saturated heterocycles. The van der Waals surface area contributed by atoms with Gasteiger partial charge in [-0.1, -0.05) is 18.2 Å². The number of carbonyl (C=O) groups is 2. The number of benzene rings is 1. The van der Waals surface area contributed by atoms with Crippen molar-refractivity contribution in [2.24, 2.45) is 0 Å². The molecule has 3 atom stereocenters. The lowest BCUT2D eigenvalue weighted by Crippen LogP contribution is -2.58. The Bertz CT molecular complexity index is 647. The molecule has 5 nitrogen and oxygen atoms in total. The molecule has 1 aromatic carbocycles. The van der Waals surface area contributed by atoms with E-state index in [1.165, 1.54) is 0 Å². The van der Waals surface area contributed by atoms with Crippen LogP contribution in [0.5, 0.6) is 0 Å². The zero-order valence-corrected chi connectivity index (χ0v) is 12.3. The molecule has 1 N–H and O–H groups in total. The van der Waals surface area contributed by atoms with Gasteiger partial charge < -0.3 is 15.0 Å². The second kappa shape index (κ2) is 5.43. The molecule has 0 aliphatic carbocycles. The van der Waals surface area contributed by atoms with Gasteiger partial charge in [-0.2, -0.15) is 13.2 Å². The topological polar surface area (TPSA) is 58.6 Å². The third kappa shape index (κ3) is 2.62. The summed E-state index contributed by atoms with van der Waals surface area (Å²) in [7, 11) is 1.10. The van der Waals surface area contributed by atoms with Crippen molar-refractivity contribution in [3.63, 3.8) is 0 Å². The van der Waals surface area contributed by atoms with Crippen molar-refractivity contribution in [3.05, 3.63) is 29.8 Å². The molecule has 2 unspecified atom stereocenters. The van der Waals surface area contributed by atoms with Crippen LogP contribution in [0.4, 0.5) is 18.9 Å². The van der Waals surface area contributed by atoms with Crippen LogP contribution in [0.2, 0.25) is 0 Å². The number of likely N-dealkylation sites (tertiary alicyclic amines) is 1. The van der Waals surface area contributed by atoms with E-state index in [0.29, 0.717) is 4.90 Å². The monoisotopic (exact) mass is 328 g/mol. The fraction of sp³-hybridized carbons (Fsp3) is 0.467. The number of methoxy groups -OCH3 is 1. The number of alkyl halides is 3. The number of rotatable bonds is 1. The van der Waals surface area contributed by atoms with E-state index in [0.717, 1.165) is 18.4 Å². The van der Waals surface area contributed by atoms with Crippen LogP contribution in [-0.4, -0.2) is 48.7 Å². The summed E-state index contributed by atoms with van der Waals surface area (Å²) in [6.07, 6.45) is -4.92. The molecule has 2 aliphatic heterocycles. The van der Waals surface area contributed by atoms with Crippen LogP contribution >= 0.6 is 0 Å². The van der Waals surface area contributed by atoms with E-state index < -0.39 is 24.1 Å². The molecule has 124 valence electrons. The summed E-state index contributed by atoms with van der Waals surface area (Å²) in [5.41, 5.74) is 1.78. The molecule has 8 heteroatoms. The van der Waals surface area contributed by atoms with Crippen LogP contribution < -0.4 is 5.32 Å². The predicted molar refractivity (Wildman–Crippen MR) is 74.8 cm³/mol. The van der Waals surface area contributed by atoms with Gasteiger partial charge in [0.2, 0.25) is 0 Å². The van der Waals surface area contributed by atoms with Crippen molar-refractivity contribution in [1.82, 2.24) is 4.90 Å². The van der Waals surface area contributed by atoms with Crippen LogP contribution in [0.15, 0.2) is 24.3 Å². The zero-order chi connectivity index (χ0) is 16.8. The first-order valence-electron chi connectivity index (χ1n) is 7.14. The lowest BCUT2D eigenvalue weighted by atomic mass is 9.84. The van der Waals surface area contributed by atoms with Crippen molar-refractivity contribution in [1.29, 1.82) is 0 Å². The quantitative estimate of drug-likeness (QED) is 0.800. The van der Waals surface area contributed by atoms with Gasteiger partial charge in [0.1, 0.15) is 6.04 Å². The van der Waals surface area contributed by atoms with Gasteiger partial charge in [-0.3, -0.25) is 4.79 Å². The van der Waals surface area contributed by atoms with Crippen molar-refractivity contribution in [2.45, 2.75) is 30.6 Å². The highest BCUT2D eigenvalue weighted by Gasteiger charge is 2.52. The van der Waals surface area contributed by atoms with E-state index in [2.05, 4.69) is 10.1 Å². The first kappa shape index (κ1) is 15.6. The second-order valence-corrected chi connectivity index (χ2v) is 5.67. The zero-order valence-electron chi connectivity index (χ0n) is 12.3. The highest BCUT2D eigenvalue weighted by molar-refractivity contribution is 5.88. The van der Waals surface area contributed by atoms with Gasteiger partial charge in [-0.25, -0.2) is 4.79 Å². The largest absolute Gasteiger partial charge is 0.471 e. The number of amides is 1. The lowest BCUT2D eigenvalue weighted by Gasteiger charge is -2.40. The first-order valence-corrected chi connectivity index (χ1v) is 7.14. The summed E-state index contributed by atoms with van der Waals surface area (Å²) in [4.78, 5) is 24.2. The Morgan fingerprint density at radius 1 is 1.30 bits per heavy atom. The number of hydrogen-bond donors (Lipinski definition) is 1. The number of para-hydroxylation sites is 1. The predicted octanol–water partition coefficient (Wildman–Crippen LogP) is 1.90. The van der Waals surface area contributed by atoms with Crippen molar-refractivity contribution < 1.29 is 27.5 Å². The average Bonchev–Trinajstić information content (AvgIpc) is 2.88. The summed E-state index contributed by atoms with van der Waals surface area (Å²) < 4.78 is 43.1. The highest BCUT2D eigenvalue weighted by atomic mass is 19.4. The second-order valence-electron chi connectivity index (χ2n) is 5.67. The maximum absolute atomic E-state index is 12.8. The Morgan fingerprint density at radius 3 is 2.65 bits per heavy atom. The molecular formula is C15H15F3N2O3. The summed E-state index contributed by atoms with van der Waals surface area (Å²) in [6, 6.07) is 5.78. The summed E-state index contributed by atoms with van der Waals surface area (Å²) in [5, 5.41) is 3.14. The fourth-order valence-corrected chi connectivity index (χ4v) is 3.39. The number of halogens is 3. The van der Waals surface area contributed by atoms with Crippen molar-refractivity contribution in [3.8, 4) is 0 Å². The molecule has 0 spiro atoms. The smallest absolute Gasteiger partial charge is 0.467 e. The maximum Gasteiger partial charge on any atom is 0.471 e. The number of ether oxygens (including phenoxy) is 1. The molecule has 0 aromatic heterocycles. The fourth-order valence-electron chi connectivity index (χ4n) is 3.39. The Morgan fingerprint density at radius 2 is 2.00 bits per heavy atom. The number of esters is 1. The molecule has 3 rings (SSSR count). The number of fused-ring (bicyclic) bond motifs is 3. The van der Waals surface area contributed by atoms with Crippen LogP contribution in [0.25, 0.3) is 0 Å². The molecule has 1 aromatic rings. The minimum absolute atomic E-state index is 0.100. The Kier molecular flexibility index (Phi) is 3.69. The van der Waals surface area contributed by atoms with Crippen molar-refractivity contribution in [2.75, 3.05) is 19.0 Å². The van der Waals surface area contributed by atoms with Crippen LogP contribution in [-0.2, 0) is 14.3 Å². The van der Waals surface area contributed by atoms with Crippen LogP contribution in [0, 0.1) is 0 Å². The van der Waals surface area contributed by atoms with Gasteiger partial charge in [0.05, 0.1) is 13.2 Å². The van der Waals surface area contributed by atoms with E-state index in [9.17, 15) is 22.8 Å². The average molecular weight is 328 g/mol. The molecular weight excluding hydrogens is 313 g/mol.